The monoisotopic (exact) mass is 312 g/mol. The highest BCUT2D eigenvalue weighted by Gasteiger charge is 2.28. The van der Waals surface area contributed by atoms with Crippen molar-refractivity contribution in [3.63, 3.8) is 0 Å². The first-order chi connectivity index (χ1) is 10.2. The first-order valence-corrected chi connectivity index (χ1v) is 7.45. The normalized spacial score (nSPS) is 13.1. The van der Waals surface area contributed by atoms with Crippen LogP contribution in [0.4, 0.5) is 0 Å². The van der Waals surface area contributed by atoms with Crippen molar-refractivity contribution >= 4 is 39.8 Å². The standard InChI is InChI=1S/C18H10Cl2O/c19-16-13-8-4-3-7-12(13)15-14(17(16)20)9-10-5-1-2-6-11(10)18(15)21/h1-8H,9H2. The van der Waals surface area contributed by atoms with Gasteiger partial charge >= 0.3 is 0 Å². The maximum absolute atomic E-state index is 12.9. The van der Waals surface area contributed by atoms with E-state index in [2.05, 4.69) is 0 Å². The van der Waals surface area contributed by atoms with Gasteiger partial charge in [-0.2, -0.15) is 0 Å². The van der Waals surface area contributed by atoms with Crippen LogP contribution in [0.2, 0.25) is 10.0 Å². The summed E-state index contributed by atoms with van der Waals surface area (Å²) < 4.78 is 0. The van der Waals surface area contributed by atoms with Crippen LogP contribution >= 0.6 is 23.2 Å². The molecule has 0 aliphatic heterocycles. The molecule has 0 fully saturated rings. The van der Waals surface area contributed by atoms with Crippen LogP contribution in [0.25, 0.3) is 10.8 Å². The van der Waals surface area contributed by atoms with Crippen LogP contribution in [0.1, 0.15) is 27.0 Å². The largest absolute Gasteiger partial charge is 0.289 e. The van der Waals surface area contributed by atoms with Crippen LogP contribution in [0.3, 0.4) is 0 Å². The smallest absolute Gasteiger partial charge is 0.194 e. The molecule has 0 bridgehead atoms. The van der Waals surface area contributed by atoms with Gasteiger partial charge in [0.25, 0.3) is 0 Å². The molecule has 3 aromatic rings. The number of carbonyl (C=O) groups is 1. The van der Waals surface area contributed by atoms with Crippen LogP contribution in [-0.4, -0.2) is 5.78 Å². The van der Waals surface area contributed by atoms with E-state index in [1.807, 2.05) is 48.5 Å². The van der Waals surface area contributed by atoms with Gasteiger partial charge in [-0.05, 0) is 16.5 Å². The minimum absolute atomic E-state index is 0.0293. The second-order valence-corrected chi connectivity index (χ2v) is 5.95. The zero-order valence-corrected chi connectivity index (χ0v) is 12.5. The quantitative estimate of drug-likeness (QED) is 0.431. The summed E-state index contributed by atoms with van der Waals surface area (Å²) in [7, 11) is 0. The second kappa shape index (κ2) is 4.59. The van der Waals surface area contributed by atoms with Crippen molar-refractivity contribution < 1.29 is 4.79 Å². The molecule has 4 rings (SSSR count). The molecule has 0 heterocycles. The molecule has 0 N–H and O–H groups in total. The molecule has 0 radical (unpaired) electrons. The molecule has 0 saturated carbocycles. The number of halogens is 2. The zero-order valence-electron chi connectivity index (χ0n) is 11.0. The van der Waals surface area contributed by atoms with Crippen molar-refractivity contribution in [1.82, 2.24) is 0 Å². The molecule has 0 saturated heterocycles. The lowest BCUT2D eigenvalue weighted by molar-refractivity contribution is 0.103. The molecular weight excluding hydrogens is 303 g/mol. The van der Waals surface area contributed by atoms with Gasteiger partial charge in [0.1, 0.15) is 0 Å². The summed E-state index contributed by atoms with van der Waals surface area (Å²) in [5, 5.41) is 2.73. The summed E-state index contributed by atoms with van der Waals surface area (Å²) in [4.78, 5) is 12.9. The van der Waals surface area contributed by atoms with Crippen LogP contribution in [0.15, 0.2) is 48.5 Å². The van der Waals surface area contributed by atoms with Crippen LogP contribution in [-0.2, 0) is 6.42 Å². The van der Waals surface area contributed by atoms with Gasteiger partial charge in [-0.1, -0.05) is 71.7 Å². The Balaban J connectivity index is 2.14. The van der Waals surface area contributed by atoms with E-state index in [1.165, 1.54) is 0 Å². The van der Waals surface area contributed by atoms with Gasteiger partial charge in [-0.15, -0.1) is 0 Å². The van der Waals surface area contributed by atoms with Crippen molar-refractivity contribution in [2.75, 3.05) is 0 Å². The second-order valence-electron chi connectivity index (χ2n) is 5.19. The number of ketones is 1. The molecule has 0 amide bonds. The van der Waals surface area contributed by atoms with Gasteiger partial charge in [0.2, 0.25) is 0 Å². The molecule has 1 nitrogen and oxygen atoms in total. The summed E-state index contributed by atoms with van der Waals surface area (Å²) in [5.74, 6) is 0.0293. The molecular formula is C18H10Cl2O. The minimum Gasteiger partial charge on any atom is -0.289 e. The van der Waals surface area contributed by atoms with E-state index in [0.717, 1.165) is 27.5 Å². The summed E-state index contributed by atoms with van der Waals surface area (Å²) in [6, 6.07) is 15.3. The number of fused-ring (bicyclic) bond motifs is 4. The zero-order chi connectivity index (χ0) is 14.6. The number of benzene rings is 3. The summed E-state index contributed by atoms with van der Waals surface area (Å²) in [6.45, 7) is 0. The van der Waals surface area contributed by atoms with Gasteiger partial charge in [0, 0.05) is 22.9 Å². The third kappa shape index (κ3) is 1.75. The Morgan fingerprint density at radius 3 is 2.29 bits per heavy atom. The summed E-state index contributed by atoms with van der Waals surface area (Å²) in [5.41, 5.74) is 3.29. The molecule has 1 aliphatic carbocycles. The van der Waals surface area contributed by atoms with Crippen LogP contribution < -0.4 is 0 Å². The fourth-order valence-electron chi connectivity index (χ4n) is 3.06. The lowest BCUT2D eigenvalue weighted by atomic mass is 9.82. The van der Waals surface area contributed by atoms with E-state index >= 15 is 0 Å². The summed E-state index contributed by atoms with van der Waals surface area (Å²) in [6.07, 6.45) is 0.640. The van der Waals surface area contributed by atoms with E-state index in [-0.39, 0.29) is 5.78 Å². The summed E-state index contributed by atoms with van der Waals surface area (Å²) >= 11 is 12.8. The molecule has 0 atom stereocenters. The lowest BCUT2D eigenvalue weighted by Crippen LogP contribution is -2.16. The Kier molecular flexibility index (Phi) is 2.81. The maximum Gasteiger partial charge on any atom is 0.194 e. The number of rotatable bonds is 0. The Hall–Kier alpha value is -1.83. The van der Waals surface area contributed by atoms with E-state index in [0.29, 0.717) is 22.0 Å². The first kappa shape index (κ1) is 12.9. The topological polar surface area (TPSA) is 17.1 Å². The van der Waals surface area contributed by atoms with Crippen molar-refractivity contribution in [3.05, 3.63) is 80.8 Å². The third-order valence-corrected chi connectivity index (χ3v) is 4.96. The highest BCUT2D eigenvalue weighted by Crippen LogP contribution is 2.41. The number of hydrogen-bond acceptors (Lipinski definition) is 1. The van der Waals surface area contributed by atoms with Gasteiger partial charge in [-0.25, -0.2) is 0 Å². The van der Waals surface area contributed by atoms with Gasteiger partial charge in [0.15, 0.2) is 5.78 Å². The van der Waals surface area contributed by atoms with Gasteiger partial charge in [0.05, 0.1) is 10.0 Å². The van der Waals surface area contributed by atoms with Gasteiger partial charge in [-0.3, -0.25) is 4.79 Å². The Morgan fingerprint density at radius 1 is 0.810 bits per heavy atom. The highest BCUT2D eigenvalue weighted by molar-refractivity contribution is 6.47. The van der Waals surface area contributed by atoms with Crippen molar-refractivity contribution in [2.24, 2.45) is 0 Å². The van der Waals surface area contributed by atoms with E-state index in [9.17, 15) is 4.79 Å². The number of hydrogen-bond donors (Lipinski definition) is 0. The molecule has 3 aromatic carbocycles. The van der Waals surface area contributed by atoms with Crippen LogP contribution in [0.5, 0.6) is 0 Å². The van der Waals surface area contributed by atoms with Crippen LogP contribution in [0, 0.1) is 0 Å². The SMILES string of the molecule is O=C1c2ccccc2Cc2c(Cl)c(Cl)c3ccccc3c21. The predicted octanol–water partition coefficient (Wildman–Crippen LogP) is 5.28. The van der Waals surface area contributed by atoms with Crippen molar-refractivity contribution in [3.8, 4) is 0 Å². The molecule has 3 heteroatoms. The molecule has 0 spiro atoms. The van der Waals surface area contributed by atoms with E-state index in [1.54, 1.807) is 0 Å². The predicted molar refractivity (Wildman–Crippen MR) is 86.6 cm³/mol. The van der Waals surface area contributed by atoms with E-state index < -0.39 is 0 Å². The maximum atomic E-state index is 12.9. The Labute approximate surface area is 132 Å². The van der Waals surface area contributed by atoms with Crippen molar-refractivity contribution in [2.45, 2.75) is 6.42 Å². The molecule has 21 heavy (non-hydrogen) atoms. The average Bonchev–Trinajstić information content (AvgIpc) is 2.52. The minimum atomic E-state index is 0.0293. The fourth-order valence-corrected chi connectivity index (χ4v) is 3.60. The average molecular weight is 313 g/mol. The van der Waals surface area contributed by atoms with E-state index in [4.69, 9.17) is 23.2 Å². The fraction of sp³-hybridized carbons (Fsp3) is 0.0556. The molecule has 1 aliphatic rings. The van der Waals surface area contributed by atoms with Gasteiger partial charge < -0.3 is 0 Å². The Morgan fingerprint density at radius 2 is 1.48 bits per heavy atom. The molecule has 102 valence electrons. The number of carbonyl (C=O) groups excluding carboxylic acids is 1. The molecule has 0 unspecified atom stereocenters. The first-order valence-electron chi connectivity index (χ1n) is 6.69. The third-order valence-electron chi connectivity index (χ3n) is 4.05. The van der Waals surface area contributed by atoms with Crippen molar-refractivity contribution in [1.29, 1.82) is 0 Å². The Bertz CT molecular complexity index is 912. The highest BCUT2D eigenvalue weighted by atomic mass is 35.5. The molecule has 0 aromatic heterocycles. The lowest BCUT2D eigenvalue weighted by Gasteiger charge is -2.22.